The van der Waals surface area contributed by atoms with Crippen LogP contribution in [0, 0.1) is 5.92 Å². The maximum absolute atomic E-state index is 6.13. The normalized spacial score (nSPS) is 24.4. The Morgan fingerprint density at radius 1 is 0.917 bits per heavy atom. The number of nitrogens with one attached hydrogen (secondary N) is 2. The van der Waals surface area contributed by atoms with Gasteiger partial charge in [-0.05, 0) is 81.4 Å². The lowest BCUT2D eigenvalue weighted by molar-refractivity contribution is 0.216. The average molecular weight is 490 g/mol. The van der Waals surface area contributed by atoms with Crippen LogP contribution >= 0.6 is 0 Å². The van der Waals surface area contributed by atoms with Crippen molar-refractivity contribution in [2.24, 2.45) is 11.7 Å². The second-order valence-corrected chi connectivity index (χ2v) is 11.0. The van der Waals surface area contributed by atoms with Crippen molar-refractivity contribution in [1.82, 2.24) is 29.5 Å². The van der Waals surface area contributed by atoms with Crippen LogP contribution in [-0.2, 0) is 6.42 Å². The SMILES string of the molecule is N[C@H]1CC[C@H](Nc2nc(NN3CCC(Cc4ccncc4)CC3)c3ncn(C4CCCC4)c3n2)CC1. The van der Waals surface area contributed by atoms with E-state index < -0.39 is 0 Å². The number of fused-ring (bicyclic) bond motifs is 1. The fourth-order valence-electron chi connectivity index (χ4n) is 6.21. The molecule has 2 aliphatic carbocycles. The summed E-state index contributed by atoms with van der Waals surface area (Å²) in [4.78, 5) is 18.9. The third kappa shape index (κ3) is 5.32. The fourth-order valence-corrected chi connectivity index (χ4v) is 6.21. The van der Waals surface area contributed by atoms with E-state index in [4.69, 9.17) is 20.7 Å². The molecular formula is C27H39N9. The van der Waals surface area contributed by atoms with E-state index in [0.29, 0.717) is 30.0 Å². The first-order chi connectivity index (χ1) is 17.7. The summed E-state index contributed by atoms with van der Waals surface area (Å²) >= 11 is 0. The summed E-state index contributed by atoms with van der Waals surface area (Å²) < 4.78 is 2.29. The molecule has 9 nitrogen and oxygen atoms in total. The number of hydrogen-bond donors (Lipinski definition) is 3. The number of anilines is 2. The Hall–Kier alpha value is -2.78. The summed E-state index contributed by atoms with van der Waals surface area (Å²) in [5.74, 6) is 2.23. The Morgan fingerprint density at radius 2 is 1.67 bits per heavy atom. The van der Waals surface area contributed by atoms with E-state index in [2.05, 4.69) is 37.4 Å². The zero-order chi connectivity index (χ0) is 24.3. The van der Waals surface area contributed by atoms with Crippen LogP contribution in [0.5, 0.6) is 0 Å². The van der Waals surface area contributed by atoms with Gasteiger partial charge < -0.3 is 21.0 Å². The van der Waals surface area contributed by atoms with Crippen LogP contribution in [0.4, 0.5) is 11.8 Å². The minimum absolute atomic E-state index is 0.328. The average Bonchev–Trinajstić information content (AvgIpc) is 3.58. The maximum Gasteiger partial charge on any atom is 0.227 e. The van der Waals surface area contributed by atoms with Crippen LogP contribution in [0.1, 0.15) is 75.8 Å². The highest BCUT2D eigenvalue weighted by molar-refractivity contribution is 5.84. The zero-order valence-electron chi connectivity index (χ0n) is 21.1. The van der Waals surface area contributed by atoms with E-state index >= 15 is 0 Å². The van der Waals surface area contributed by atoms with Crippen molar-refractivity contribution in [3.63, 3.8) is 0 Å². The van der Waals surface area contributed by atoms with Gasteiger partial charge in [-0.2, -0.15) is 9.97 Å². The largest absolute Gasteiger partial charge is 0.351 e. The van der Waals surface area contributed by atoms with Crippen LogP contribution in [0.15, 0.2) is 30.9 Å². The summed E-state index contributed by atoms with van der Waals surface area (Å²) in [6, 6.07) is 5.47. The molecule has 1 saturated heterocycles. The molecule has 0 radical (unpaired) electrons. The van der Waals surface area contributed by atoms with Gasteiger partial charge in [0.1, 0.15) is 0 Å². The predicted molar refractivity (Wildman–Crippen MR) is 143 cm³/mol. The van der Waals surface area contributed by atoms with Crippen LogP contribution < -0.4 is 16.5 Å². The van der Waals surface area contributed by atoms with Gasteiger partial charge in [-0.3, -0.25) is 4.98 Å². The van der Waals surface area contributed by atoms with Gasteiger partial charge in [-0.15, -0.1) is 0 Å². The Balaban J connectivity index is 1.19. The van der Waals surface area contributed by atoms with Gasteiger partial charge in [0, 0.05) is 43.6 Å². The first kappa shape index (κ1) is 23.6. The van der Waals surface area contributed by atoms with E-state index in [-0.39, 0.29) is 0 Å². The van der Waals surface area contributed by atoms with Crippen molar-refractivity contribution in [2.75, 3.05) is 23.8 Å². The molecule has 0 bridgehead atoms. The first-order valence-electron chi connectivity index (χ1n) is 13.9. The smallest absolute Gasteiger partial charge is 0.227 e. The van der Waals surface area contributed by atoms with Crippen molar-refractivity contribution in [1.29, 1.82) is 0 Å². The van der Waals surface area contributed by atoms with E-state index in [1.54, 1.807) is 0 Å². The zero-order valence-corrected chi connectivity index (χ0v) is 21.1. The number of pyridine rings is 1. The molecule has 1 aliphatic heterocycles. The highest BCUT2D eigenvalue weighted by Gasteiger charge is 2.26. The van der Waals surface area contributed by atoms with E-state index in [0.717, 1.165) is 75.0 Å². The molecule has 0 amide bonds. The van der Waals surface area contributed by atoms with Gasteiger partial charge in [0.15, 0.2) is 17.0 Å². The standard InChI is InChI=1S/C27H39N9/c28-21-5-7-22(8-6-21)31-27-32-25(24-26(33-27)36(18-30-24)23-3-1-2-4-23)34-35-15-11-20(12-16-35)17-19-9-13-29-14-10-19/h9-10,13-14,18,20-23H,1-8,11-12,15-17,28H2,(H2,31,32,33,34)/t21-,22-. The summed E-state index contributed by atoms with van der Waals surface area (Å²) in [7, 11) is 0. The van der Waals surface area contributed by atoms with Crippen LogP contribution in [0.25, 0.3) is 11.2 Å². The maximum atomic E-state index is 6.13. The van der Waals surface area contributed by atoms with Crippen molar-refractivity contribution in [3.05, 3.63) is 36.4 Å². The van der Waals surface area contributed by atoms with Gasteiger partial charge in [0.25, 0.3) is 0 Å². The van der Waals surface area contributed by atoms with Crippen molar-refractivity contribution >= 4 is 22.9 Å². The summed E-state index contributed by atoms with van der Waals surface area (Å²) in [6.07, 6.45) is 18.4. The molecule has 4 heterocycles. The number of hydrogen-bond acceptors (Lipinski definition) is 8. The van der Waals surface area contributed by atoms with E-state index in [1.165, 1.54) is 31.2 Å². The monoisotopic (exact) mass is 489 g/mol. The molecule has 3 fully saturated rings. The molecule has 9 heteroatoms. The predicted octanol–water partition coefficient (Wildman–Crippen LogP) is 4.30. The van der Waals surface area contributed by atoms with Crippen LogP contribution in [0.3, 0.4) is 0 Å². The third-order valence-corrected chi connectivity index (χ3v) is 8.40. The fraction of sp³-hybridized carbons (Fsp3) is 0.630. The van der Waals surface area contributed by atoms with Gasteiger partial charge in [0.05, 0.1) is 6.33 Å². The second-order valence-electron chi connectivity index (χ2n) is 11.0. The molecule has 0 aromatic carbocycles. The Morgan fingerprint density at radius 3 is 2.42 bits per heavy atom. The van der Waals surface area contributed by atoms with Crippen molar-refractivity contribution < 1.29 is 0 Å². The molecule has 6 rings (SSSR count). The molecule has 2 saturated carbocycles. The number of piperidine rings is 1. The minimum atomic E-state index is 0.328. The summed E-state index contributed by atoms with van der Waals surface area (Å²) in [5.41, 5.74) is 13.0. The summed E-state index contributed by atoms with van der Waals surface area (Å²) in [6.45, 7) is 1.99. The van der Waals surface area contributed by atoms with Crippen molar-refractivity contribution in [3.8, 4) is 0 Å². The molecule has 0 atom stereocenters. The number of imidazole rings is 1. The molecule has 3 aliphatic rings. The second kappa shape index (κ2) is 10.7. The van der Waals surface area contributed by atoms with Crippen LogP contribution in [0.2, 0.25) is 0 Å². The lowest BCUT2D eigenvalue weighted by atomic mass is 9.91. The number of aromatic nitrogens is 5. The minimum Gasteiger partial charge on any atom is -0.351 e. The highest BCUT2D eigenvalue weighted by Crippen LogP contribution is 2.34. The van der Waals surface area contributed by atoms with Crippen molar-refractivity contribution in [2.45, 2.75) is 88.8 Å². The van der Waals surface area contributed by atoms with E-state index in [1.807, 2.05) is 18.7 Å². The molecular weight excluding hydrogens is 450 g/mol. The number of nitrogens with two attached hydrogens (primary N) is 1. The van der Waals surface area contributed by atoms with Crippen LogP contribution in [-0.4, -0.2) is 54.7 Å². The molecule has 192 valence electrons. The first-order valence-corrected chi connectivity index (χ1v) is 13.9. The molecule has 36 heavy (non-hydrogen) atoms. The molecule has 0 unspecified atom stereocenters. The molecule has 0 spiro atoms. The molecule has 3 aromatic rings. The Bertz CT molecular complexity index is 1120. The molecule has 4 N–H and O–H groups in total. The Labute approximate surface area is 213 Å². The lowest BCUT2D eigenvalue weighted by Gasteiger charge is -2.32. The quantitative estimate of drug-likeness (QED) is 0.451. The number of rotatable bonds is 7. The van der Waals surface area contributed by atoms with Gasteiger partial charge >= 0.3 is 0 Å². The number of hydrazine groups is 1. The lowest BCUT2D eigenvalue weighted by Crippen LogP contribution is -2.39. The van der Waals surface area contributed by atoms with Gasteiger partial charge in [-0.1, -0.05) is 12.8 Å². The number of nitrogens with zero attached hydrogens (tertiary/aromatic N) is 6. The third-order valence-electron chi connectivity index (χ3n) is 8.40. The van der Waals surface area contributed by atoms with Gasteiger partial charge in [0.2, 0.25) is 5.95 Å². The Kier molecular flexibility index (Phi) is 7.01. The topological polar surface area (TPSA) is 110 Å². The summed E-state index contributed by atoms with van der Waals surface area (Å²) in [5, 5.41) is 5.94. The highest BCUT2D eigenvalue weighted by atomic mass is 15.5. The van der Waals surface area contributed by atoms with E-state index in [9.17, 15) is 0 Å². The molecule has 3 aromatic heterocycles. The van der Waals surface area contributed by atoms with Gasteiger partial charge in [-0.25, -0.2) is 9.99 Å².